The number of hydrogen-bond donors (Lipinski definition) is 1. The first-order chi connectivity index (χ1) is 14.2. The zero-order valence-corrected chi connectivity index (χ0v) is 17.8. The fourth-order valence-electron chi connectivity index (χ4n) is 2.31. The predicted octanol–water partition coefficient (Wildman–Crippen LogP) is 2.24. The molecule has 11 heteroatoms. The summed E-state index contributed by atoms with van der Waals surface area (Å²) < 4.78 is 2.24. The van der Waals surface area contributed by atoms with Crippen LogP contribution in [-0.4, -0.2) is 65.3 Å². The molecular weight excluding hydrogens is 406 g/mol. The second kappa shape index (κ2) is 13.2. The van der Waals surface area contributed by atoms with E-state index in [1.165, 1.54) is 19.1 Å². The number of nitro benzene ring substituents is 1. The molecule has 1 saturated heterocycles. The third-order valence-corrected chi connectivity index (χ3v) is 4.87. The van der Waals surface area contributed by atoms with Crippen LogP contribution in [0.15, 0.2) is 50.9 Å². The minimum Gasteiger partial charge on any atom is -0.370 e. The molecule has 1 fully saturated rings. The summed E-state index contributed by atoms with van der Waals surface area (Å²) in [5, 5.41) is 19.5. The maximum absolute atomic E-state index is 10.7. The van der Waals surface area contributed by atoms with E-state index in [0.717, 1.165) is 36.8 Å². The first-order valence-corrected chi connectivity index (χ1v) is 9.77. The van der Waals surface area contributed by atoms with Gasteiger partial charge in [-0.15, -0.1) is 0 Å². The second-order valence-electron chi connectivity index (χ2n) is 6.24. The Bertz CT molecular complexity index is 835. The van der Waals surface area contributed by atoms with Crippen LogP contribution in [-0.2, 0) is 4.79 Å². The molecule has 0 spiro atoms. The van der Waals surface area contributed by atoms with Crippen molar-refractivity contribution < 1.29 is 9.72 Å². The summed E-state index contributed by atoms with van der Waals surface area (Å²) >= 11 is 1.61. The van der Waals surface area contributed by atoms with E-state index >= 15 is 0 Å². The summed E-state index contributed by atoms with van der Waals surface area (Å²) in [7, 11) is 0. The lowest BCUT2D eigenvalue weighted by atomic mass is 10.3. The molecule has 0 atom stereocenters. The highest BCUT2D eigenvalue weighted by molar-refractivity contribution is 7.97. The largest absolute Gasteiger partial charge is 0.370 e. The second-order valence-corrected chi connectivity index (χ2v) is 7.41. The molecular formula is C19H25N7O3S. The molecule has 160 valence electrons. The Kier molecular flexibility index (Phi) is 11.0. The topological polar surface area (TPSA) is 141 Å². The van der Waals surface area contributed by atoms with Gasteiger partial charge in [0, 0.05) is 55.8 Å². The average Bonchev–Trinajstić information content (AvgIpc) is 2.71. The maximum Gasteiger partial charge on any atom is 0.269 e. The molecule has 0 unspecified atom stereocenters. The fraction of sp³-hybridized carbons (Fsp3) is 0.368. The lowest BCUT2D eigenvalue weighted by molar-refractivity contribution is -0.384. The van der Waals surface area contributed by atoms with Crippen molar-refractivity contribution in [3.63, 3.8) is 0 Å². The number of nitriles is 1. The summed E-state index contributed by atoms with van der Waals surface area (Å²) in [6, 6.07) is 8.55. The number of benzene rings is 1. The molecule has 2 rings (SSSR count). The van der Waals surface area contributed by atoms with Crippen molar-refractivity contribution in [1.29, 1.82) is 5.26 Å². The molecule has 1 aliphatic heterocycles. The van der Waals surface area contributed by atoms with Crippen LogP contribution < -0.4 is 5.73 Å². The number of carbonyl (C=O) groups is 1. The zero-order chi connectivity index (χ0) is 22.5. The summed E-state index contributed by atoms with van der Waals surface area (Å²) in [6.45, 7) is 10.6. The Hall–Kier alpha value is -3.07. The van der Waals surface area contributed by atoms with E-state index < -0.39 is 4.92 Å². The lowest BCUT2D eigenvalue weighted by Crippen LogP contribution is -2.43. The molecule has 30 heavy (non-hydrogen) atoms. The molecule has 0 aromatic heterocycles. The molecule has 2 N–H and O–H groups in total. The van der Waals surface area contributed by atoms with Gasteiger partial charge in [-0.05, 0) is 43.8 Å². The average molecular weight is 432 g/mol. The Morgan fingerprint density at radius 1 is 1.33 bits per heavy atom. The normalized spacial score (nSPS) is 15.5. The van der Waals surface area contributed by atoms with Gasteiger partial charge in [0.15, 0.2) is 0 Å². The Labute approximate surface area is 180 Å². The summed E-state index contributed by atoms with van der Waals surface area (Å²) in [5.41, 5.74) is 5.58. The van der Waals surface area contributed by atoms with Gasteiger partial charge in [0.05, 0.1) is 11.6 Å². The van der Waals surface area contributed by atoms with Crippen LogP contribution in [0.2, 0.25) is 0 Å². The van der Waals surface area contributed by atoms with Gasteiger partial charge in [-0.2, -0.15) is 5.26 Å². The van der Waals surface area contributed by atoms with E-state index in [2.05, 4.69) is 31.6 Å². The predicted molar refractivity (Wildman–Crippen MR) is 118 cm³/mol. The van der Waals surface area contributed by atoms with Gasteiger partial charge in [0.25, 0.3) is 5.69 Å². The number of nitro groups is 1. The van der Waals surface area contributed by atoms with Crippen LogP contribution in [0.4, 0.5) is 5.69 Å². The maximum atomic E-state index is 10.7. The number of carbonyl (C=O) groups excluding carboxylic acids is 1. The van der Waals surface area contributed by atoms with Crippen molar-refractivity contribution >= 4 is 36.0 Å². The molecule has 1 amide bonds. The van der Waals surface area contributed by atoms with Crippen LogP contribution in [0.1, 0.15) is 13.8 Å². The molecule has 0 aliphatic carbocycles. The van der Waals surface area contributed by atoms with Crippen LogP contribution in [0.25, 0.3) is 0 Å². The minimum absolute atomic E-state index is 0.104. The highest BCUT2D eigenvalue weighted by Gasteiger charge is 2.17. The highest BCUT2D eigenvalue weighted by Crippen LogP contribution is 2.25. The Balaban J connectivity index is 0.00000103. The minimum atomic E-state index is -0.393. The van der Waals surface area contributed by atoms with E-state index in [9.17, 15) is 14.9 Å². The van der Waals surface area contributed by atoms with Crippen LogP contribution >= 0.6 is 11.9 Å². The third kappa shape index (κ3) is 9.92. The van der Waals surface area contributed by atoms with Crippen LogP contribution in [0, 0.1) is 21.4 Å². The van der Waals surface area contributed by atoms with Crippen molar-refractivity contribution in [3.8, 4) is 6.07 Å². The number of nitrogens with two attached hydrogens (primary N) is 1. The van der Waals surface area contributed by atoms with Gasteiger partial charge in [-0.1, -0.05) is 0 Å². The first kappa shape index (κ1) is 25.0. The van der Waals surface area contributed by atoms with Crippen LogP contribution in [0.5, 0.6) is 0 Å². The standard InChI is InChI=1S/C17H20N6O2S.C2H5NO/c1-14(11-15(12-18)19-2)20-13-21-7-9-22(10-8-21)26-17-5-3-16(4-6-17)23(24)25;1-2(3)4/h3-6,11H,2,7-10,13H2,1H3;1H3,(H2,3,4)/b15-11-,20-14-;. The molecule has 10 nitrogen and oxygen atoms in total. The van der Waals surface area contributed by atoms with Gasteiger partial charge < -0.3 is 5.73 Å². The summed E-state index contributed by atoms with van der Waals surface area (Å²) in [4.78, 5) is 30.8. The van der Waals surface area contributed by atoms with E-state index in [0.29, 0.717) is 6.67 Å². The smallest absolute Gasteiger partial charge is 0.269 e. The highest BCUT2D eigenvalue weighted by atomic mass is 32.2. The SMILES string of the molecule is C=N/C(C#N)=C\C(C)=N/CN1CCN(Sc2ccc([N+](=O)[O-])cc2)CC1.CC(N)=O. The molecule has 1 aromatic rings. The van der Waals surface area contributed by atoms with Gasteiger partial charge >= 0.3 is 0 Å². The number of allylic oxidation sites excluding steroid dienone is 2. The van der Waals surface area contributed by atoms with E-state index in [-0.39, 0.29) is 17.3 Å². The molecule has 0 bridgehead atoms. The van der Waals surface area contributed by atoms with Crippen molar-refractivity contribution in [1.82, 2.24) is 9.21 Å². The van der Waals surface area contributed by atoms with Gasteiger partial charge in [-0.3, -0.25) is 29.8 Å². The number of primary amides is 1. The first-order valence-electron chi connectivity index (χ1n) is 9.00. The molecule has 0 radical (unpaired) electrons. The molecule has 1 heterocycles. The monoisotopic (exact) mass is 431 g/mol. The third-order valence-electron chi connectivity index (χ3n) is 3.76. The summed E-state index contributed by atoms with van der Waals surface area (Å²) in [5.74, 6) is -0.333. The molecule has 1 aromatic carbocycles. The zero-order valence-electron chi connectivity index (χ0n) is 17.0. The summed E-state index contributed by atoms with van der Waals surface area (Å²) in [6.07, 6.45) is 1.62. The number of non-ortho nitro benzene ring substituents is 1. The number of nitrogens with zero attached hydrogens (tertiary/aromatic N) is 6. The van der Waals surface area contributed by atoms with E-state index in [1.54, 1.807) is 30.2 Å². The lowest BCUT2D eigenvalue weighted by Gasteiger charge is -2.32. The number of aliphatic imine (C=N–C) groups is 2. The van der Waals surface area contributed by atoms with Crippen molar-refractivity contribution in [2.75, 3.05) is 32.8 Å². The van der Waals surface area contributed by atoms with Crippen molar-refractivity contribution in [3.05, 3.63) is 46.2 Å². The van der Waals surface area contributed by atoms with Crippen LogP contribution in [0.3, 0.4) is 0 Å². The Morgan fingerprint density at radius 3 is 2.37 bits per heavy atom. The van der Waals surface area contributed by atoms with E-state index in [1.807, 2.05) is 13.0 Å². The van der Waals surface area contributed by atoms with E-state index in [4.69, 9.17) is 5.26 Å². The number of amides is 1. The van der Waals surface area contributed by atoms with Gasteiger partial charge in [-0.25, -0.2) is 4.31 Å². The van der Waals surface area contributed by atoms with Crippen molar-refractivity contribution in [2.45, 2.75) is 18.7 Å². The molecule has 0 saturated carbocycles. The molecule has 1 aliphatic rings. The van der Waals surface area contributed by atoms with Crippen molar-refractivity contribution in [2.24, 2.45) is 15.7 Å². The quantitative estimate of drug-likeness (QED) is 0.229. The number of hydrogen-bond acceptors (Lipinski definition) is 9. The van der Waals surface area contributed by atoms with Gasteiger partial charge in [0.1, 0.15) is 11.8 Å². The number of piperazine rings is 1. The fourth-order valence-corrected chi connectivity index (χ4v) is 3.21. The van der Waals surface area contributed by atoms with Gasteiger partial charge in [0.2, 0.25) is 5.91 Å². The Morgan fingerprint density at radius 2 is 1.90 bits per heavy atom. The number of rotatable bonds is 7.